The van der Waals surface area contributed by atoms with E-state index in [2.05, 4.69) is 11.3 Å². The number of hydrogen-bond donors (Lipinski definition) is 1. The van der Waals surface area contributed by atoms with Crippen molar-refractivity contribution in [1.29, 1.82) is 0 Å². The highest BCUT2D eigenvalue weighted by Gasteiger charge is 2.10. The minimum absolute atomic E-state index is 0.0780. The molecule has 0 aliphatic heterocycles. The van der Waals surface area contributed by atoms with Crippen LogP contribution in [0.1, 0.15) is 6.42 Å². The first-order valence-corrected chi connectivity index (χ1v) is 2.69. The molecule has 0 aromatic rings. The van der Waals surface area contributed by atoms with Gasteiger partial charge in [0.05, 0.1) is 6.61 Å². The van der Waals surface area contributed by atoms with Crippen molar-refractivity contribution in [3.63, 3.8) is 0 Å². The van der Waals surface area contributed by atoms with E-state index in [1.165, 1.54) is 6.08 Å². The van der Waals surface area contributed by atoms with Gasteiger partial charge in [0, 0.05) is 0 Å². The molecule has 0 amide bonds. The van der Waals surface area contributed by atoms with Crippen LogP contribution in [0.2, 0.25) is 0 Å². The fourth-order valence-electron chi connectivity index (χ4n) is 0.297. The van der Waals surface area contributed by atoms with Crippen molar-refractivity contribution in [2.75, 3.05) is 6.61 Å². The van der Waals surface area contributed by atoms with Gasteiger partial charge in [-0.1, -0.05) is 6.08 Å². The standard InChI is InChI=1S/C6H8O4/c1-2-3-4-10-6(9)5(7)8/h2H,1,3-4H2,(H,7,8). The molecule has 0 aliphatic carbocycles. The van der Waals surface area contributed by atoms with Crippen LogP contribution in [-0.4, -0.2) is 23.7 Å². The van der Waals surface area contributed by atoms with Gasteiger partial charge in [0.15, 0.2) is 0 Å². The molecule has 56 valence electrons. The van der Waals surface area contributed by atoms with Gasteiger partial charge in [-0.15, -0.1) is 6.58 Å². The molecule has 0 spiro atoms. The lowest BCUT2D eigenvalue weighted by atomic mass is 10.4. The molecular formula is C6H8O4. The molecule has 0 aromatic heterocycles. The summed E-state index contributed by atoms with van der Waals surface area (Å²) in [7, 11) is 0. The molecule has 0 saturated heterocycles. The summed E-state index contributed by atoms with van der Waals surface area (Å²) in [4.78, 5) is 20.0. The van der Waals surface area contributed by atoms with Crippen molar-refractivity contribution in [2.45, 2.75) is 6.42 Å². The Labute approximate surface area is 58.1 Å². The second-order valence-corrected chi connectivity index (χ2v) is 1.52. The van der Waals surface area contributed by atoms with Gasteiger partial charge in [-0.05, 0) is 6.42 Å². The summed E-state index contributed by atoms with van der Waals surface area (Å²) in [5, 5.41) is 7.98. The minimum atomic E-state index is -1.57. The number of carbonyl (C=O) groups is 2. The Morgan fingerprint density at radius 1 is 1.60 bits per heavy atom. The first-order chi connectivity index (χ1) is 4.68. The average Bonchev–Trinajstić information content (AvgIpc) is 1.88. The van der Waals surface area contributed by atoms with Gasteiger partial charge in [0.2, 0.25) is 0 Å². The van der Waals surface area contributed by atoms with Gasteiger partial charge in [-0.3, -0.25) is 0 Å². The van der Waals surface area contributed by atoms with Gasteiger partial charge in [0.1, 0.15) is 0 Å². The smallest absolute Gasteiger partial charge is 0.417 e. The second kappa shape index (κ2) is 4.55. The van der Waals surface area contributed by atoms with Crippen molar-refractivity contribution in [3.8, 4) is 0 Å². The molecule has 0 saturated carbocycles. The normalized spacial score (nSPS) is 8.40. The van der Waals surface area contributed by atoms with E-state index in [0.29, 0.717) is 6.42 Å². The van der Waals surface area contributed by atoms with Crippen LogP contribution in [0, 0.1) is 0 Å². The van der Waals surface area contributed by atoms with Crippen molar-refractivity contribution in [1.82, 2.24) is 0 Å². The van der Waals surface area contributed by atoms with Crippen LogP contribution in [0.5, 0.6) is 0 Å². The third kappa shape index (κ3) is 3.65. The number of rotatable bonds is 3. The zero-order valence-corrected chi connectivity index (χ0v) is 5.37. The summed E-state index contributed by atoms with van der Waals surface area (Å²) in [6, 6.07) is 0. The lowest BCUT2D eigenvalue weighted by Crippen LogP contribution is -2.16. The van der Waals surface area contributed by atoms with Crippen molar-refractivity contribution in [3.05, 3.63) is 12.7 Å². The lowest BCUT2D eigenvalue weighted by Gasteiger charge is -1.96. The highest BCUT2D eigenvalue weighted by Crippen LogP contribution is 1.83. The molecule has 4 nitrogen and oxygen atoms in total. The molecule has 0 aromatic carbocycles. The molecule has 0 bridgehead atoms. The largest absolute Gasteiger partial charge is 0.473 e. The monoisotopic (exact) mass is 144 g/mol. The first-order valence-electron chi connectivity index (χ1n) is 2.69. The van der Waals surface area contributed by atoms with E-state index in [0.717, 1.165) is 0 Å². The first kappa shape index (κ1) is 8.68. The second-order valence-electron chi connectivity index (χ2n) is 1.52. The third-order valence-corrected chi connectivity index (χ3v) is 0.730. The van der Waals surface area contributed by atoms with Crippen LogP contribution in [0.25, 0.3) is 0 Å². The van der Waals surface area contributed by atoms with Crippen LogP contribution >= 0.6 is 0 Å². The summed E-state index contributed by atoms with van der Waals surface area (Å²) in [6.45, 7) is 3.44. The fourth-order valence-corrected chi connectivity index (χ4v) is 0.297. The number of ether oxygens (including phenoxy) is 1. The van der Waals surface area contributed by atoms with Gasteiger partial charge in [-0.25, -0.2) is 9.59 Å². The van der Waals surface area contributed by atoms with E-state index < -0.39 is 11.9 Å². The number of carboxylic acid groups (broad SMARTS) is 1. The van der Waals surface area contributed by atoms with Crippen LogP contribution in [0.4, 0.5) is 0 Å². The maximum atomic E-state index is 10.2. The van der Waals surface area contributed by atoms with Gasteiger partial charge in [-0.2, -0.15) is 0 Å². The molecule has 0 rings (SSSR count). The quantitative estimate of drug-likeness (QED) is 0.266. The van der Waals surface area contributed by atoms with Gasteiger partial charge >= 0.3 is 11.9 Å². The predicted molar refractivity (Wildman–Crippen MR) is 33.4 cm³/mol. The van der Waals surface area contributed by atoms with E-state index in [9.17, 15) is 9.59 Å². The number of carboxylic acids is 1. The Hall–Kier alpha value is -1.32. The Morgan fingerprint density at radius 3 is 2.60 bits per heavy atom. The Balaban J connectivity index is 3.40. The summed E-state index contributed by atoms with van der Waals surface area (Å²) in [6.07, 6.45) is 2.01. The zero-order valence-electron chi connectivity index (χ0n) is 5.37. The topological polar surface area (TPSA) is 63.6 Å². The maximum absolute atomic E-state index is 10.2. The number of carbonyl (C=O) groups excluding carboxylic acids is 1. The molecule has 1 N–H and O–H groups in total. The molecule has 0 fully saturated rings. The fraction of sp³-hybridized carbons (Fsp3) is 0.333. The lowest BCUT2D eigenvalue weighted by molar-refractivity contribution is -0.163. The molecule has 4 heteroatoms. The van der Waals surface area contributed by atoms with Crippen LogP contribution < -0.4 is 0 Å². The number of aliphatic carboxylic acids is 1. The highest BCUT2D eigenvalue weighted by molar-refractivity contribution is 6.28. The van der Waals surface area contributed by atoms with E-state index in [1.54, 1.807) is 0 Å². The molecule has 0 aliphatic rings. The Morgan fingerprint density at radius 2 is 2.20 bits per heavy atom. The van der Waals surface area contributed by atoms with Gasteiger partial charge < -0.3 is 9.84 Å². The SMILES string of the molecule is C=CCCOC(=O)C(=O)O. The van der Waals surface area contributed by atoms with E-state index in [4.69, 9.17) is 5.11 Å². The summed E-state index contributed by atoms with van der Waals surface area (Å²) in [5.41, 5.74) is 0. The van der Waals surface area contributed by atoms with Crippen molar-refractivity contribution >= 4 is 11.9 Å². The highest BCUT2D eigenvalue weighted by atomic mass is 16.6. The number of esters is 1. The van der Waals surface area contributed by atoms with Crippen molar-refractivity contribution in [2.24, 2.45) is 0 Å². The van der Waals surface area contributed by atoms with Crippen molar-refractivity contribution < 1.29 is 19.4 Å². The summed E-state index contributed by atoms with van der Waals surface area (Å²) >= 11 is 0. The Kier molecular flexibility index (Phi) is 3.95. The molecule has 0 heterocycles. The molecule has 0 unspecified atom stereocenters. The predicted octanol–water partition coefficient (Wildman–Crippen LogP) is 0.190. The van der Waals surface area contributed by atoms with Crippen LogP contribution in [0.15, 0.2) is 12.7 Å². The number of hydrogen-bond acceptors (Lipinski definition) is 3. The molecule has 0 atom stereocenters. The Bertz CT molecular complexity index is 150. The van der Waals surface area contributed by atoms with E-state index in [1.807, 2.05) is 0 Å². The van der Waals surface area contributed by atoms with Crippen LogP contribution in [-0.2, 0) is 14.3 Å². The molecule has 10 heavy (non-hydrogen) atoms. The van der Waals surface area contributed by atoms with Crippen LogP contribution in [0.3, 0.4) is 0 Å². The summed E-state index contributed by atoms with van der Waals surface area (Å²) in [5.74, 6) is -2.79. The van der Waals surface area contributed by atoms with E-state index >= 15 is 0 Å². The minimum Gasteiger partial charge on any atom is -0.473 e. The third-order valence-electron chi connectivity index (χ3n) is 0.730. The van der Waals surface area contributed by atoms with Gasteiger partial charge in [0.25, 0.3) is 0 Å². The summed E-state index contributed by atoms with van der Waals surface area (Å²) < 4.78 is 4.23. The molecular weight excluding hydrogens is 136 g/mol. The van der Waals surface area contributed by atoms with E-state index in [-0.39, 0.29) is 6.61 Å². The average molecular weight is 144 g/mol. The zero-order chi connectivity index (χ0) is 7.98. The maximum Gasteiger partial charge on any atom is 0.417 e. The molecule has 0 radical (unpaired) electrons.